The van der Waals surface area contributed by atoms with E-state index in [4.69, 9.17) is 5.73 Å². The average Bonchev–Trinajstić information content (AvgIpc) is 2.69. The molecule has 0 aliphatic carbocycles. The van der Waals surface area contributed by atoms with E-state index in [0.29, 0.717) is 16.1 Å². The Morgan fingerprint density at radius 3 is 2.43 bits per heavy atom. The second-order valence-corrected chi connectivity index (χ2v) is 7.01. The van der Waals surface area contributed by atoms with E-state index in [1.165, 1.54) is 48.8 Å². The number of pyridine rings is 1. The second kappa shape index (κ2) is 7.69. The van der Waals surface area contributed by atoms with Crippen molar-refractivity contribution in [1.82, 2.24) is 14.1 Å². The number of anilines is 1. The van der Waals surface area contributed by atoms with E-state index in [9.17, 15) is 19.2 Å². The maximum absolute atomic E-state index is 12.5. The van der Waals surface area contributed by atoms with E-state index in [-0.39, 0.29) is 22.7 Å². The molecule has 2 heterocycles. The van der Waals surface area contributed by atoms with Crippen LogP contribution in [0.4, 0.5) is 5.69 Å². The highest BCUT2D eigenvalue weighted by molar-refractivity contribution is 8.00. The Morgan fingerprint density at radius 2 is 1.79 bits per heavy atom. The number of primary amides is 1. The maximum Gasteiger partial charge on any atom is 0.332 e. The van der Waals surface area contributed by atoms with E-state index < -0.39 is 17.2 Å². The van der Waals surface area contributed by atoms with Crippen molar-refractivity contribution in [3.8, 4) is 0 Å². The molecule has 9 nitrogen and oxygen atoms in total. The van der Waals surface area contributed by atoms with Crippen LogP contribution in [0.15, 0.2) is 51.0 Å². The van der Waals surface area contributed by atoms with E-state index >= 15 is 0 Å². The third-order valence-electron chi connectivity index (χ3n) is 4.11. The number of thioether (sulfide) groups is 1. The largest absolute Gasteiger partial charge is 0.366 e. The van der Waals surface area contributed by atoms with E-state index in [2.05, 4.69) is 10.3 Å². The van der Waals surface area contributed by atoms with Gasteiger partial charge >= 0.3 is 5.69 Å². The quantitative estimate of drug-likeness (QED) is 0.600. The molecule has 144 valence electrons. The number of carbonyl (C=O) groups is 2. The number of rotatable bonds is 5. The van der Waals surface area contributed by atoms with Crippen molar-refractivity contribution in [1.29, 1.82) is 0 Å². The van der Waals surface area contributed by atoms with Crippen LogP contribution in [0, 0.1) is 0 Å². The van der Waals surface area contributed by atoms with Crippen molar-refractivity contribution >= 4 is 40.3 Å². The molecule has 0 unspecified atom stereocenters. The molecular weight excluding hydrogens is 382 g/mol. The van der Waals surface area contributed by atoms with Crippen LogP contribution in [0.5, 0.6) is 0 Å². The number of aryl methyl sites for hydroxylation is 1. The minimum Gasteiger partial charge on any atom is -0.366 e. The summed E-state index contributed by atoms with van der Waals surface area (Å²) in [5, 5.41) is 2.99. The van der Waals surface area contributed by atoms with E-state index in [0.717, 1.165) is 4.57 Å². The fraction of sp³-hybridized carbons (Fsp3) is 0.167. The van der Waals surface area contributed by atoms with Gasteiger partial charge in [0.15, 0.2) is 0 Å². The average molecular weight is 399 g/mol. The zero-order valence-corrected chi connectivity index (χ0v) is 15.9. The molecule has 3 N–H and O–H groups in total. The van der Waals surface area contributed by atoms with Crippen LogP contribution in [-0.2, 0) is 18.9 Å². The molecule has 28 heavy (non-hydrogen) atoms. The molecule has 0 bridgehead atoms. The Hall–Kier alpha value is -3.40. The Balaban J connectivity index is 1.80. The number of aromatic nitrogens is 3. The van der Waals surface area contributed by atoms with Crippen molar-refractivity contribution in [2.75, 3.05) is 11.1 Å². The van der Waals surface area contributed by atoms with Crippen LogP contribution in [-0.4, -0.2) is 31.7 Å². The fourth-order valence-electron chi connectivity index (χ4n) is 2.64. The maximum atomic E-state index is 12.5. The molecule has 0 aliphatic rings. The van der Waals surface area contributed by atoms with Crippen LogP contribution >= 0.6 is 11.8 Å². The summed E-state index contributed by atoms with van der Waals surface area (Å²) in [5.74, 6) is -0.791. The van der Waals surface area contributed by atoms with Gasteiger partial charge in [0.25, 0.3) is 5.56 Å². The number of nitrogens with two attached hydrogens (primary N) is 1. The topological polar surface area (TPSA) is 129 Å². The molecule has 0 fully saturated rings. The SMILES string of the molecule is Cn1c(=O)c2c(SCC(=O)Nc3ccc(C(N)=O)cc3)ccnc2n(C)c1=O. The Morgan fingerprint density at radius 1 is 1.11 bits per heavy atom. The molecule has 0 saturated carbocycles. The number of hydrogen-bond acceptors (Lipinski definition) is 6. The van der Waals surface area contributed by atoms with Gasteiger partial charge < -0.3 is 11.1 Å². The molecule has 10 heteroatoms. The third-order valence-corrected chi connectivity index (χ3v) is 5.17. The number of amides is 2. The molecule has 2 aromatic heterocycles. The smallest absolute Gasteiger partial charge is 0.332 e. The fourth-order valence-corrected chi connectivity index (χ4v) is 3.48. The summed E-state index contributed by atoms with van der Waals surface area (Å²) in [7, 11) is 2.93. The lowest BCUT2D eigenvalue weighted by molar-refractivity contribution is -0.113. The van der Waals surface area contributed by atoms with Gasteiger partial charge in [0.05, 0.1) is 11.1 Å². The van der Waals surface area contributed by atoms with Gasteiger partial charge in [-0.05, 0) is 30.3 Å². The lowest BCUT2D eigenvalue weighted by atomic mass is 10.2. The number of fused-ring (bicyclic) bond motifs is 1. The van der Waals surface area contributed by atoms with Gasteiger partial charge in [-0.2, -0.15) is 0 Å². The zero-order chi connectivity index (χ0) is 20.4. The molecule has 0 saturated heterocycles. The highest BCUT2D eigenvalue weighted by Gasteiger charge is 2.15. The molecule has 3 aromatic rings. The first-order valence-electron chi connectivity index (χ1n) is 8.17. The third kappa shape index (κ3) is 3.67. The number of hydrogen-bond donors (Lipinski definition) is 2. The van der Waals surface area contributed by atoms with Crippen molar-refractivity contribution in [3.63, 3.8) is 0 Å². The van der Waals surface area contributed by atoms with Gasteiger partial charge in [-0.1, -0.05) is 0 Å². The van der Waals surface area contributed by atoms with Crippen molar-refractivity contribution in [2.45, 2.75) is 4.90 Å². The van der Waals surface area contributed by atoms with Gasteiger partial charge in [0.1, 0.15) is 5.65 Å². The summed E-state index contributed by atoms with van der Waals surface area (Å²) in [6.45, 7) is 0. The first kappa shape index (κ1) is 19.4. The predicted octanol–water partition coefficient (Wildman–Crippen LogP) is 0.462. The number of nitrogens with zero attached hydrogens (tertiary/aromatic N) is 3. The lowest BCUT2D eigenvalue weighted by Crippen LogP contribution is -2.37. The standard InChI is InChI=1S/C18H17N5O4S/c1-22-16-14(17(26)23(2)18(22)27)12(7-8-20-16)28-9-13(24)21-11-5-3-10(4-6-11)15(19)25/h3-8H,9H2,1-2H3,(H2,19,25)(H,21,24). The molecule has 1 aromatic carbocycles. The van der Waals surface area contributed by atoms with Gasteiger partial charge in [-0.25, -0.2) is 9.78 Å². The van der Waals surface area contributed by atoms with Gasteiger partial charge in [-0.3, -0.25) is 23.5 Å². The van der Waals surface area contributed by atoms with Gasteiger partial charge in [0.2, 0.25) is 11.8 Å². The minimum atomic E-state index is -0.547. The molecule has 0 spiro atoms. The Labute approximate surface area is 163 Å². The summed E-state index contributed by atoms with van der Waals surface area (Å²) in [5.41, 5.74) is 5.38. The summed E-state index contributed by atoms with van der Waals surface area (Å²) >= 11 is 1.17. The van der Waals surface area contributed by atoms with Crippen LogP contribution < -0.4 is 22.3 Å². The number of benzene rings is 1. The summed E-state index contributed by atoms with van der Waals surface area (Å²) in [6.07, 6.45) is 1.49. The highest BCUT2D eigenvalue weighted by Crippen LogP contribution is 2.23. The van der Waals surface area contributed by atoms with E-state index in [1.807, 2.05) is 0 Å². The van der Waals surface area contributed by atoms with Gasteiger partial charge in [-0.15, -0.1) is 11.8 Å². The normalized spacial score (nSPS) is 10.8. The Kier molecular flexibility index (Phi) is 5.32. The number of nitrogens with one attached hydrogen (secondary N) is 1. The first-order chi connectivity index (χ1) is 13.3. The molecular formula is C18H17N5O4S. The van der Waals surface area contributed by atoms with Gasteiger partial charge in [0, 0.05) is 36.4 Å². The monoisotopic (exact) mass is 399 g/mol. The summed E-state index contributed by atoms with van der Waals surface area (Å²) in [6, 6.07) is 7.83. The Bertz CT molecular complexity index is 1200. The van der Waals surface area contributed by atoms with Crippen LogP contribution in [0.2, 0.25) is 0 Å². The van der Waals surface area contributed by atoms with Crippen LogP contribution in [0.25, 0.3) is 11.0 Å². The second-order valence-electron chi connectivity index (χ2n) is 5.99. The first-order valence-corrected chi connectivity index (χ1v) is 9.15. The summed E-state index contributed by atoms with van der Waals surface area (Å²) < 4.78 is 2.30. The molecule has 0 atom stereocenters. The molecule has 2 amide bonds. The van der Waals surface area contributed by atoms with Crippen LogP contribution in [0.3, 0.4) is 0 Å². The minimum absolute atomic E-state index is 0.0443. The molecule has 0 aliphatic heterocycles. The zero-order valence-electron chi connectivity index (χ0n) is 15.1. The predicted molar refractivity (Wildman–Crippen MR) is 107 cm³/mol. The number of carbonyl (C=O) groups excluding carboxylic acids is 2. The lowest BCUT2D eigenvalue weighted by Gasteiger charge is -2.10. The highest BCUT2D eigenvalue weighted by atomic mass is 32.2. The van der Waals surface area contributed by atoms with Crippen molar-refractivity contribution < 1.29 is 9.59 Å². The van der Waals surface area contributed by atoms with Crippen molar-refractivity contribution in [2.24, 2.45) is 19.8 Å². The van der Waals surface area contributed by atoms with E-state index in [1.54, 1.807) is 18.2 Å². The molecule has 0 radical (unpaired) electrons. The molecule has 3 rings (SSSR count). The van der Waals surface area contributed by atoms with Crippen molar-refractivity contribution in [3.05, 3.63) is 62.9 Å². The van der Waals surface area contributed by atoms with Crippen LogP contribution in [0.1, 0.15) is 10.4 Å². The summed E-state index contributed by atoms with van der Waals surface area (Å²) in [4.78, 5) is 52.5.